The van der Waals surface area contributed by atoms with Crippen LogP contribution >= 0.6 is 74.9 Å². The van der Waals surface area contributed by atoms with E-state index in [2.05, 4.69) is 75.1 Å². The summed E-state index contributed by atoms with van der Waals surface area (Å²) in [7, 11) is 2.81. The van der Waals surface area contributed by atoms with Crippen LogP contribution in [-0.2, 0) is 18.6 Å². The monoisotopic (exact) mass is 497 g/mol. The predicted octanol–water partition coefficient (Wildman–Crippen LogP) is 3.57. The standard InChI is InChI=1S/H3I3P2.V/c1-5(2,3)4;/h5H,4H2;. The Morgan fingerprint density at radius 3 is 1.17 bits per heavy atom. The summed E-state index contributed by atoms with van der Waals surface area (Å²) in [6.07, 6.45) is 0. The minimum Gasteiger partial charge on any atom is 0 e. The Hall–Kier alpha value is 3.63. The molecule has 6 heavy (non-hydrogen) atoms. The quantitative estimate of drug-likeness (QED) is 0.355. The minimum absolute atomic E-state index is 0. The van der Waals surface area contributed by atoms with E-state index in [0.29, 0.717) is 0 Å². The van der Waals surface area contributed by atoms with Gasteiger partial charge in [-0.2, -0.15) is 0 Å². The van der Waals surface area contributed by atoms with Crippen molar-refractivity contribution in [1.82, 2.24) is 0 Å². The Labute approximate surface area is 91.5 Å². The molecule has 0 aliphatic heterocycles. The second kappa shape index (κ2) is 5.42. The molecule has 0 aromatic carbocycles. The van der Waals surface area contributed by atoms with E-state index in [1.54, 1.807) is 0 Å². The fourth-order valence-electron chi connectivity index (χ4n) is 0. The van der Waals surface area contributed by atoms with Crippen molar-refractivity contribution in [2.24, 2.45) is 0 Å². The second-order valence-electron chi connectivity index (χ2n) is 0.542. The molecule has 0 fully saturated rings. The van der Waals surface area contributed by atoms with Crippen molar-refractivity contribution in [1.29, 1.82) is 0 Å². The van der Waals surface area contributed by atoms with Crippen LogP contribution in [0.4, 0.5) is 0 Å². The summed E-state index contributed by atoms with van der Waals surface area (Å²) in [6, 6.07) is 0. The molecule has 0 heterocycles. The fourth-order valence-corrected chi connectivity index (χ4v) is 0. The molecule has 0 aromatic rings. The molecule has 0 nitrogen and oxygen atoms in total. The van der Waals surface area contributed by atoms with Crippen molar-refractivity contribution in [3.8, 4) is 0 Å². The maximum atomic E-state index is 2.81. The number of halogens is 3. The van der Waals surface area contributed by atoms with Gasteiger partial charge >= 0.3 is 74.9 Å². The SMILES string of the molecule is P[PH](I)(I)I.[V]. The summed E-state index contributed by atoms with van der Waals surface area (Å²) in [5.41, 5.74) is 0. The van der Waals surface area contributed by atoms with Gasteiger partial charge in [0.15, 0.2) is 0 Å². The summed E-state index contributed by atoms with van der Waals surface area (Å²) >= 11 is 7.36. The van der Waals surface area contributed by atoms with Crippen molar-refractivity contribution in [2.75, 3.05) is 0 Å². The van der Waals surface area contributed by atoms with Gasteiger partial charge in [-0.1, -0.05) is 0 Å². The van der Waals surface area contributed by atoms with Gasteiger partial charge in [0.1, 0.15) is 0 Å². The minimum atomic E-state index is -0.784. The molecule has 0 spiro atoms. The van der Waals surface area contributed by atoms with Crippen LogP contribution in [-0.4, -0.2) is 0 Å². The largest absolute Gasteiger partial charge is 0 e. The van der Waals surface area contributed by atoms with Crippen LogP contribution in [0.15, 0.2) is 0 Å². The first-order valence-corrected chi connectivity index (χ1v) is 14.0. The van der Waals surface area contributed by atoms with Crippen molar-refractivity contribution in [3.63, 3.8) is 0 Å². The van der Waals surface area contributed by atoms with Crippen LogP contribution in [0.5, 0.6) is 0 Å². The molecule has 0 rings (SSSR count). The van der Waals surface area contributed by atoms with Crippen molar-refractivity contribution in [3.05, 3.63) is 0 Å². The van der Waals surface area contributed by atoms with Gasteiger partial charge in [0, 0.05) is 18.6 Å². The summed E-state index contributed by atoms with van der Waals surface area (Å²) in [5, 5.41) is 0. The second-order valence-corrected chi connectivity index (χ2v) is 48.7. The normalized spacial score (nSPS) is 12.7. The predicted molar refractivity (Wildman–Crippen MR) is 60.1 cm³/mol. The maximum Gasteiger partial charge on any atom is 0 e. The zero-order chi connectivity index (χ0) is 4.50. The Balaban J connectivity index is 0. The maximum absolute atomic E-state index is 2.81. The summed E-state index contributed by atoms with van der Waals surface area (Å²) in [5.74, 6) is 0. The Kier molecular flexibility index (Phi) is 11.1. The van der Waals surface area contributed by atoms with Crippen molar-refractivity contribution in [2.45, 2.75) is 0 Å². The Morgan fingerprint density at radius 1 is 1.17 bits per heavy atom. The third-order valence-corrected chi connectivity index (χ3v) is 0. The fraction of sp³-hybridized carbons (Fsp3) is 0. The number of hydrogen-bond acceptors (Lipinski definition) is 0. The van der Waals surface area contributed by atoms with Gasteiger partial charge in [0.2, 0.25) is 0 Å². The molecule has 0 saturated carbocycles. The van der Waals surface area contributed by atoms with E-state index >= 15 is 0 Å². The molecule has 6 heteroatoms. The molecule has 0 aliphatic carbocycles. The topological polar surface area (TPSA) is 0 Å². The van der Waals surface area contributed by atoms with Crippen LogP contribution in [0.1, 0.15) is 0 Å². The van der Waals surface area contributed by atoms with Crippen LogP contribution in [0.25, 0.3) is 0 Å². The van der Waals surface area contributed by atoms with Crippen LogP contribution in [0.2, 0.25) is 0 Å². The van der Waals surface area contributed by atoms with Gasteiger partial charge in [-0.3, -0.25) is 0 Å². The first kappa shape index (κ1) is 12.3. The zero-order valence-corrected chi connectivity index (χ0v) is 12.7. The van der Waals surface area contributed by atoms with Crippen LogP contribution in [0.3, 0.4) is 0 Å². The van der Waals surface area contributed by atoms with Gasteiger partial charge < -0.3 is 0 Å². The molecule has 0 bridgehead atoms. The molecule has 0 saturated heterocycles. The molecule has 0 N–H and O–H groups in total. The van der Waals surface area contributed by atoms with Crippen molar-refractivity contribution < 1.29 is 18.6 Å². The average molecular weight is 497 g/mol. The Morgan fingerprint density at radius 2 is 1.17 bits per heavy atom. The van der Waals surface area contributed by atoms with E-state index in [1.807, 2.05) is 0 Å². The van der Waals surface area contributed by atoms with E-state index in [4.69, 9.17) is 0 Å². The third-order valence-electron chi connectivity index (χ3n) is 0. The van der Waals surface area contributed by atoms with E-state index in [0.717, 1.165) is 0 Å². The first-order chi connectivity index (χ1) is 2.00. The molecule has 0 aromatic heterocycles. The average Bonchev–Trinajstić information content (AvgIpc) is 0.722. The zero-order valence-electron chi connectivity index (χ0n) is 2.66. The van der Waals surface area contributed by atoms with Crippen LogP contribution in [0, 0.1) is 0 Å². The molecule has 1 unspecified atom stereocenters. The summed E-state index contributed by atoms with van der Waals surface area (Å²) < 4.78 is -0.784. The molecular weight excluding hydrogens is 494 g/mol. The summed E-state index contributed by atoms with van der Waals surface area (Å²) in [6.45, 7) is 0. The van der Waals surface area contributed by atoms with E-state index in [1.165, 1.54) is 0 Å². The molecular formula is H3I3P2V. The van der Waals surface area contributed by atoms with E-state index < -0.39 is -0.121 Å². The Bertz CT molecular complexity index is 24.3. The van der Waals surface area contributed by atoms with Gasteiger partial charge in [0.25, 0.3) is 0 Å². The third kappa shape index (κ3) is 25.4. The molecule has 0 aliphatic rings. The van der Waals surface area contributed by atoms with Crippen LogP contribution < -0.4 is 0 Å². The first-order valence-electron chi connectivity index (χ1n) is 0.856. The summed E-state index contributed by atoms with van der Waals surface area (Å²) in [4.78, 5) is 0. The van der Waals surface area contributed by atoms with Gasteiger partial charge in [-0.15, -0.1) is 0 Å². The number of rotatable bonds is 0. The molecule has 1 radical (unpaired) electrons. The number of hydrogen-bond donors (Lipinski definition) is 0. The molecule has 39 valence electrons. The van der Waals surface area contributed by atoms with E-state index in [9.17, 15) is 0 Å². The molecule has 1 atom stereocenters. The van der Waals surface area contributed by atoms with Crippen molar-refractivity contribution >= 4 is 74.9 Å². The molecule has 0 amide bonds. The van der Waals surface area contributed by atoms with Gasteiger partial charge in [-0.25, -0.2) is 0 Å². The van der Waals surface area contributed by atoms with E-state index in [-0.39, 0.29) is 18.6 Å². The van der Waals surface area contributed by atoms with Gasteiger partial charge in [-0.05, 0) is 0 Å². The smallest absolute Gasteiger partial charge is 0 e. The van der Waals surface area contributed by atoms with Gasteiger partial charge in [0.05, 0.1) is 0 Å².